The summed E-state index contributed by atoms with van der Waals surface area (Å²) in [5, 5.41) is 2.99. The first-order chi connectivity index (χ1) is 17.6. The maximum atomic E-state index is 13.6. The number of anilines is 1. The Balaban J connectivity index is 2.54. The summed E-state index contributed by atoms with van der Waals surface area (Å²) < 4.78 is 65.9. The van der Waals surface area contributed by atoms with Crippen LogP contribution in [0.1, 0.15) is 44.7 Å². The number of carbonyl (C=O) groups is 2. The molecule has 0 saturated carbocycles. The fraction of sp³-hybridized carbons (Fsp3) is 0.440. The van der Waals surface area contributed by atoms with Gasteiger partial charge in [0.05, 0.1) is 22.5 Å². The van der Waals surface area contributed by atoms with Gasteiger partial charge in [-0.25, -0.2) is 8.42 Å². The van der Waals surface area contributed by atoms with Crippen molar-refractivity contribution in [3.63, 3.8) is 0 Å². The monoisotopic (exact) mass is 595 g/mol. The average Bonchev–Trinajstić information content (AvgIpc) is 2.82. The predicted octanol–water partition coefficient (Wildman–Crippen LogP) is 5.50. The van der Waals surface area contributed by atoms with Crippen LogP contribution in [0.15, 0.2) is 42.5 Å². The number of hydrogen-bond acceptors (Lipinski definition) is 4. The van der Waals surface area contributed by atoms with Crippen molar-refractivity contribution >= 4 is 50.7 Å². The van der Waals surface area contributed by atoms with Gasteiger partial charge < -0.3 is 10.2 Å². The second-order valence-electron chi connectivity index (χ2n) is 8.82. The maximum absolute atomic E-state index is 13.6. The van der Waals surface area contributed by atoms with Crippen molar-refractivity contribution in [2.75, 3.05) is 17.1 Å². The zero-order valence-corrected chi connectivity index (χ0v) is 23.7. The molecule has 0 spiro atoms. The average molecular weight is 596 g/mol. The molecule has 0 radical (unpaired) electrons. The molecule has 0 aliphatic rings. The molecule has 2 atom stereocenters. The van der Waals surface area contributed by atoms with Gasteiger partial charge in [0.2, 0.25) is 21.8 Å². The van der Waals surface area contributed by atoms with Gasteiger partial charge in [0.25, 0.3) is 0 Å². The standard InChI is InChI=1S/C25H30Cl2F3N3O4S/c1-5-16(3)31-24(35)21(6-2)32(14-17-7-10-19(26)11-8-17)23(34)15-33(38(4,36)37)22-13-18(25(28,29)30)9-12-20(22)27/h7-13,16,21H,5-6,14-15H2,1-4H3,(H,31,35)/t16-,21-/m1/s1. The van der Waals surface area contributed by atoms with Gasteiger partial charge in [0.15, 0.2) is 0 Å². The highest BCUT2D eigenvalue weighted by Crippen LogP contribution is 2.36. The van der Waals surface area contributed by atoms with Gasteiger partial charge in [-0.3, -0.25) is 13.9 Å². The number of amides is 2. The molecule has 2 amide bonds. The number of alkyl halides is 3. The van der Waals surface area contributed by atoms with Crippen molar-refractivity contribution in [3.05, 3.63) is 63.6 Å². The number of benzene rings is 2. The lowest BCUT2D eigenvalue weighted by Crippen LogP contribution is -2.53. The van der Waals surface area contributed by atoms with Gasteiger partial charge in [-0.15, -0.1) is 0 Å². The van der Waals surface area contributed by atoms with E-state index in [0.29, 0.717) is 33.4 Å². The summed E-state index contributed by atoms with van der Waals surface area (Å²) in [6.07, 6.45) is -3.17. The van der Waals surface area contributed by atoms with Crippen molar-refractivity contribution in [1.29, 1.82) is 0 Å². The Morgan fingerprint density at radius 2 is 1.63 bits per heavy atom. The van der Waals surface area contributed by atoms with Gasteiger partial charge in [0.1, 0.15) is 12.6 Å². The molecular weight excluding hydrogens is 566 g/mol. The summed E-state index contributed by atoms with van der Waals surface area (Å²) in [6, 6.07) is 7.56. The first-order valence-electron chi connectivity index (χ1n) is 11.8. The molecule has 38 heavy (non-hydrogen) atoms. The highest BCUT2D eigenvalue weighted by Gasteiger charge is 2.35. The lowest BCUT2D eigenvalue weighted by Gasteiger charge is -2.33. The minimum atomic E-state index is -4.77. The highest BCUT2D eigenvalue weighted by atomic mass is 35.5. The molecule has 0 fully saturated rings. The number of nitrogens with one attached hydrogen (secondary N) is 1. The van der Waals surface area contributed by atoms with Crippen molar-refractivity contribution in [3.8, 4) is 0 Å². The summed E-state index contributed by atoms with van der Waals surface area (Å²) in [5.41, 5.74) is -1.02. The second kappa shape index (κ2) is 13.0. The van der Waals surface area contributed by atoms with Gasteiger partial charge in [-0.2, -0.15) is 13.2 Å². The molecule has 2 aromatic carbocycles. The van der Waals surface area contributed by atoms with E-state index in [4.69, 9.17) is 23.2 Å². The summed E-state index contributed by atoms with van der Waals surface area (Å²) in [4.78, 5) is 27.9. The van der Waals surface area contributed by atoms with Gasteiger partial charge in [-0.1, -0.05) is 49.2 Å². The summed E-state index contributed by atoms with van der Waals surface area (Å²) >= 11 is 12.1. The molecule has 13 heteroatoms. The maximum Gasteiger partial charge on any atom is 0.416 e. The lowest BCUT2D eigenvalue weighted by atomic mass is 10.1. The Morgan fingerprint density at radius 1 is 1.03 bits per heavy atom. The molecule has 1 N–H and O–H groups in total. The van der Waals surface area contributed by atoms with Gasteiger partial charge in [-0.05, 0) is 55.7 Å². The molecular formula is C25H30Cl2F3N3O4S. The van der Waals surface area contributed by atoms with E-state index in [9.17, 15) is 31.2 Å². The topological polar surface area (TPSA) is 86.8 Å². The molecule has 0 saturated heterocycles. The van der Waals surface area contributed by atoms with E-state index in [0.717, 1.165) is 12.3 Å². The van der Waals surface area contributed by atoms with E-state index < -0.39 is 51.9 Å². The predicted molar refractivity (Wildman–Crippen MR) is 143 cm³/mol. The SMILES string of the molecule is CC[C@@H](C)NC(=O)[C@@H](CC)N(Cc1ccc(Cl)cc1)C(=O)CN(c1cc(C(F)(F)F)ccc1Cl)S(C)(=O)=O. The van der Waals surface area contributed by atoms with E-state index in [2.05, 4.69) is 5.32 Å². The zero-order valence-electron chi connectivity index (χ0n) is 21.4. The molecule has 0 aliphatic carbocycles. The molecule has 0 heterocycles. The van der Waals surface area contributed by atoms with Crippen LogP contribution >= 0.6 is 23.2 Å². The van der Waals surface area contributed by atoms with Crippen molar-refractivity contribution in [1.82, 2.24) is 10.2 Å². The molecule has 2 aromatic rings. The van der Waals surface area contributed by atoms with E-state index in [1.54, 1.807) is 38.1 Å². The van der Waals surface area contributed by atoms with Crippen LogP contribution in [0.3, 0.4) is 0 Å². The van der Waals surface area contributed by atoms with Crippen LogP contribution in [0.25, 0.3) is 0 Å². The third-order valence-electron chi connectivity index (χ3n) is 5.87. The van der Waals surface area contributed by atoms with Crippen LogP contribution in [0.2, 0.25) is 10.0 Å². The minimum absolute atomic E-state index is 0.0731. The van der Waals surface area contributed by atoms with E-state index in [1.807, 2.05) is 6.92 Å². The fourth-order valence-corrected chi connectivity index (χ4v) is 4.87. The molecule has 2 rings (SSSR count). The van der Waals surface area contributed by atoms with Crippen molar-refractivity contribution < 1.29 is 31.2 Å². The quantitative estimate of drug-likeness (QED) is 0.371. The van der Waals surface area contributed by atoms with E-state index in [-0.39, 0.29) is 24.0 Å². The molecule has 0 aromatic heterocycles. The molecule has 0 unspecified atom stereocenters. The first kappa shape index (κ1) is 31.7. The Morgan fingerprint density at radius 3 is 2.13 bits per heavy atom. The molecule has 210 valence electrons. The number of sulfonamides is 1. The van der Waals surface area contributed by atoms with Crippen LogP contribution in [-0.4, -0.2) is 50.0 Å². The molecule has 7 nitrogen and oxygen atoms in total. The van der Waals surface area contributed by atoms with Crippen molar-refractivity contribution in [2.24, 2.45) is 0 Å². The number of rotatable bonds is 11. The molecule has 0 bridgehead atoms. The van der Waals surface area contributed by atoms with Gasteiger partial charge >= 0.3 is 6.18 Å². The fourth-order valence-electron chi connectivity index (χ4n) is 3.62. The largest absolute Gasteiger partial charge is 0.416 e. The van der Waals surface area contributed by atoms with Crippen LogP contribution in [0.5, 0.6) is 0 Å². The van der Waals surface area contributed by atoms with Crippen LogP contribution in [-0.2, 0) is 32.3 Å². The zero-order chi connectivity index (χ0) is 28.8. The molecule has 0 aliphatic heterocycles. The summed E-state index contributed by atoms with van der Waals surface area (Å²) in [6.45, 7) is 4.43. The van der Waals surface area contributed by atoms with Crippen LogP contribution in [0.4, 0.5) is 18.9 Å². The number of carbonyl (C=O) groups excluding carboxylic acids is 2. The normalized spacial score (nSPS) is 13.5. The third kappa shape index (κ3) is 8.51. The van der Waals surface area contributed by atoms with Crippen LogP contribution in [0, 0.1) is 0 Å². The van der Waals surface area contributed by atoms with Crippen molar-refractivity contribution in [2.45, 2.75) is 58.4 Å². The Hall–Kier alpha value is -2.50. The second-order valence-corrected chi connectivity index (χ2v) is 11.6. The Labute approximate surface area is 230 Å². The number of halogens is 5. The third-order valence-corrected chi connectivity index (χ3v) is 7.57. The summed E-state index contributed by atoms with van der Waals surface area (Å²) in [7, 11) is -4.27. The minimum Gasteiger partial charge on any atom is -0.352 e. The first-order valence-corrected chi connectivity index (χ1v) is 14.4. The van der Waals surface area contributed by atoms with E-state index >= 15 is 0 Å². The Kier molecular flexibility index (Phi) is 10.9. The summed E-state index contributed by atoms with van der Waals surface area (Å²) in [5.74, 6) is -1.24. The number of hydrogen-bond donors (Lipinski definition) is 1. The van der Waals surface area contributed by atoms with E-state index in [1.165, 1.54) is 4.90 Å². The van der Waals surface area contributed by atoms with Gasteiger partial charge in [0, 0.05) is 17.6 Å². The number of nitrogens with zero attached hydrogens (tertiary/aromatic N) is 2. The van der Waals surface area contributed by atoms with Crippen LogP contribution < -0.4 is 9.62 Å². The smallest absolute Gasteiger partial charge is 0.352 e. The highest BCUT2D eigenvalue weighted by molar-refractivity contribution is 7.92. The lowest BCUT2D eigenvalue weighted by molar-refractivity contribution is -0.140. The Bertz CT molecular complexity index is 1240.